The van der Waals surface area contributed by atoms with Crippen molar-refractivity contribution in [1.82, 2.24) is 4.31 Å². The van der Waals surface area contributed by atoms with Gasteiger partial charge in [0.1, 0.15) is 5.75 Å². The van der Waals surface area contributed by atoms with E-state index in [4.69, 9.17) is 4.74 Å². The molecule has 3 rings (SSSR count). The summed E-state index contributed by atoms with van der Waals surface area (Å²) >= 11 is 1.55. The van der Waals surface area contributed by atoms with E-state index in [1.54, 1.807) is 23.5 Å². The van der Waals surface area contributed by atoms with E-state index in [0.29, 0.717) is 24.5 Å². The summed E-state index contributed by atoms with van der Waals surface area (Å²) in [4.78, 5) is 12.4. The van der Waals surface area contributed by atoms with Gasteiger partial charge < -0.3 is 10.1 Å². The summed E-state index contributed by atoms with van der Waals surface area (Å²) in [7, 11) is -2.13. The minimum absolute atomic E-state index is 0.160. The molecule has 1 saturated heterocycles. The molecule has 0 saturated carbocycles. The van der Waals surface area contributed by atoms with Gasteiger partial charge in [-0.05, 0) is 59.5 Å². The van der Waals surface area contributed by atoms with Crippen molar-refractivity contribution in [2.75, 3.05) is 25.5 Å². The van der Waals surface area contributed by atoms with E-state index in [0.717, 1.165) is 31.2 Å². The zero-order chi connectivity index (χ0) is 20.0. The molecule has 0 spiro atoms. The molecule has 2 heterocycles. The largest absolute Gasteiger partial charge is 0.495 e. The first kappa shape index (κ1) is 20.6. The van der Waals surface area contributed by atoms with Crippen LogP contribution in [0.3, 0.4) is 0 Å². The van der Waals surface area contributed by atoms with E-state index in [1.807, 2.05) is 16.8 Å². The van der Waals surface area contributed by atoms with Crippen molar-refractivity contribution < 1.29 is 17.9 Å². The van der Waals surface area contributed by atoms with Crippen LogP contribution in [0.15, 0.2) is 46.0 Å². The highest BCUT2D eigenvalue weighted by Gasteiger charge is 2.26. The third-order valence-corrected chi connectivity index (χ3v) is 7.20. The van der Waals surface area contributed by atoms with Gasteiger partial charge in [-0.1, -0.05) is 12.8 Å². The van der Waals surface area contributed by atoms with E-state index >= 15 is 0 Å². The summed E-state index contributed by atoms with van der Waals surface area (Å²) in [5.74, 6) is 0.0564. The van der Waals surface area contributed by atoms with Gasteiger partial charge in [0.05, 0.1) is 17.7 Å². The topological polar surface area (TPSA) is 75.7 Å². The summed E-state index contributed by atoms with van der Waals surface area (Å²) < 4.78 is 32.9. The first-order chi connectivity index (χ1) is 13.5. The Labute approximate surface area is 169 Å². The van der Waals surface area contributed by atoms with Crippen LogP contribution in [0.5, 0.6) is 5.75 Å². The fourth-order valence-electron chi connectivity index (χ4n) is 3.09. The summed E-state index contributed by atoms with van der Waals surface area (Å²) in [5.41, 5.74) is 1.27. The molecule has 28 heavy (non-hydrogen) atoms. The van der Waals surface area contributed by atoms with Crippen LogP contribution in [-0.2, 0) is 14.8 Å². The van der Waals surface area contributed by atoms with Gasteiger partial charge in [-0.2, -0.15) is 15.6 Å². The van der Waals surface area contributed by atoms with Crippen molar-refractivity contribution >= 4 is 39.0 Å². The van der Waals surface area contributed by atoms with Gasteiger partial charge in [0.15, 0.2) is 0 Å². The molecule has 0 unspecified atom stereocenters. The molecule has 0 atom stereocenters. The minimum atomic E-state index is -3.61. The Balaban J connectivity index is 1.82. The number of anilines is 1. The average molecular weight is 421 g/mol. The third kappa shape index (κ3) is 5.01. The number of rotatable bonds is 6. The zero-order valence-corrected chi connectivity index (χ0v) is 17.4. The van der Waals surface area contributed by atoms with Gasteiger partial charge in [0, 0.05) is 19.2 Å². The van der Waals surface area contributed by atoms with Crippen LogP contribution < -0.4 is 10.1 Å². The second-order valence-corrected chi connectivity index (χ2v) is 9.28. The lowest BCUT2D eigenvalue weighted by Gasteiger charge is -2.20. The lowest BCUT2D eigenvalue weighted by atomic mass is 10.2. The van der Waals surface area contributed by atoms with E-state index < -0.39 is 10.0 Å². The Hall–Kier alpha value is -2.16. The lowest BCUT2D eigenvalue weighted by Crippen LogP contribution is -2.32. The SMILES string of the molecule is COc1ccc(S(=O)(=O)N2CCCCCC2)cc1NC(=O)C=Cc1ccsc1. The average Bonchev–Trinajstić information content (AvgIpc) is 3.05. The number of methoxy groups -OCH3 is 1. The van der Waals surface area contributed by atoms with Crippen LogP contribution in [0.2, 0.25) is 0 Å². The number of benzene rings is 1. The van der Waals surface area contributed by atoms with E-state index in [2.05, 4.69) is 5.32 Å². The summed E-state index contributed by atoms with van der Waals surface area (Å²) in [6.07, 6.45) is 6.95. The number of ether oxygens (including phenoxy) is 1. The van der Waals surface area contributed by atoms with Gasteiger partial charge in [0.25, 0.3) is 0 Å². The number of amides is 1. The van der Waals surface area contributed by atoms with Crippen LogP contribution in [0, 0.1) is 0 Å². The smallest absolute Gasteiger partial charge is 0.248 e. The summed E-state index contributed by atoms with van der Waals surface area (Å²) in [6.45, 7) is 1.05. The van der Waals surface area contributed by atoms with Crippen molar-refractivity contribution in [2.24, 2.45) is 0 Å². The molecule has 8 heteroatoms. The fraction of sp³-hybridized carbons (Fsp3) is 0.350. The predicted octanol–water partition coefficient (Wildman–Crippen LogP) is 3.97. The quantitative estimate of drug-likeness (QED) is 0.718. The van der Waals surface area contributed by atoms with Crippen molar-refractivity contribution in [2.45, 2.75) is 30.6 Å². The molecule has 1 aliphatic rings. The van der Waals surface area contributed by atoms with Crippen molar-refractivity contribution in [3.63, 3.8) is 0 Å². The molecule has 1 aromatic carbocycles. The third-order valence-electron chi connectivity index (χ3n) is 4.60. The Bertz CT molecular complexity index is 929. The molecule has 0 aliphatic carbocycles. The Kier molecular flexibility index (Phi) is 6.88. The predicted molar refractivity (Wildman–Crippen MR) is 112 cm³/mol. The number of nitrogens with zero attached hydrogens (tertiary/aromatic N) is 1. The maximum atomic E-state index is 13.0. The highest BCUT2D eigenvalue weighted by Crippen LogP contribution is 2.30. The number of thiophene rings is 1. The molecule has 1 N–H and O–H groups in total. The van der Waals surface area contributed by atoms with E-state index in [1.165, 1.54) is 29.6 Å². The Morgan fingerprint density at radius 1 is 1.18 bits per heavy atom. The second kappa shape index (κ2) is 9.36. The maximum absolute atomic E-state index is 13.0. The maximum Gasteiger partial charge on any atom is 0.248 e. The molecule has 1 aliphatic heterocycles. The van der Waals surface area contributed by atoms with Crippen LogP contribution in [0.4, 0.5) is 5.69 Å². The van der Waals surface area contributed by atoms with Gasteiger partial charge in [-0.15, -0.1) is 0 Å². The Morgan fingerprint density at radius 3 is 2.57 bits per heavy atom. The van der Waals surface area contributed by atoms with Gasteiger partial charge in [0.2, 0.25) is 15.9 Å². The molecule has 1 fully saturated rings. The number of carbonyl (C=O) groups excluding carboxylic acids is 1. The summed E-state index contributed by atoms with van der Waals surface area (Å²) in [5, 5.41) is 6.58. The first-order valence-corrected chi connectivity index (χ1v) is 11.6. The molecule has 0 bridgehead atoms. The number of hydrogen-bond donors (Lipinski definition) is 1. The number of carbonyl (C=O) groups is 1. The van der Waals surface area contributed by atoms with Crippen LogP contribution in [0.25, 0.3) is 6.08 Å². The highest BCUT2D eigenvalue weighted by molar-refractivity contribution is 7.89. The standard InChI is InChI=1S/C20H24N2O4S2/c1-26-19-8-7-17(28(24,25)22-11-4-2-3-5-12-22)14-18(19)21-20(23)9-6-16-10-13-27-15-16/h6-10,13-15H,2-5,11-12H2,1H3,(H,21,23). The van der Waals surface area contributed by atoms with E-state index in [-0.39, 0.29) is 10.8 Å². The van der Waals surface area contributed by atoms with Gasteiger partial charge in [-0.25, -0.2) is 8.42 Å². The Morgan fingerprint density at radius 2 is 1.93 bits per heavy atom. The molecule has 0 radical (unpaired) electrons. The lowest BCUT2D eigenvalue weighted by molar-refractivity contribution is -0.111. The monoisotopic (exact) mass is 420 g/mol. The fourth-order valence-corrected chi connectivity index (χ4v) is 5.26. The molecular weight excluding hydrogens is 396 g/mol. The van der Waals surface area contributed by atoms with Crippen LogP contribution >= 0.6 is 11.3 Å². The number of sulfonamides is 1. The van der Waals surface area contributed by atoms with Gasteiger partial charge in [-0.3, -0.25) is 4.79 Å². The van der Waals surface area contributed by atoms with Crippen LogP contribution in [-0.4, -0.2) is 38.8 Å². The molecule has 150 valence electrons. The molecule has 1 aromatic heterocycles. The molecule has 6 nitrogen and oxygen atoms in total. The zero-order valence-electron chi connectivity index (χ0n) is 15.8. The number of hydrogen-bond acceptors (Lipinski definition) is 5. The minimum Gasteiger partial charge on any atom is -0.495 e. The summed E-state index contributed by atoms with van der Waals surface area (Å²) in [6, 6.07) is 6.47. The van der Waals surface area contributed by atoms with Gasteiger partial charge >= 0.3 is 0 Å². The second-order valence-electron chi connectivity index (χ2n) is 6.56. The van der Waals surface area contributed by atoms with E-state index in [9.17, 15) is 13.2 Å². The molecule has 1 amide bonds. The van der Waals surface area contributed by atoms with Crippen molar-refractivity contribution in [3.8, 4) is 5.75 Å². The highest BCUT2D eigenvalue weighted by atomic mass is 32.2. The normalized spacial score (nSPS) is 16.0. The van der Waals surface area contributed by atoms with Crippen LogP contribution in [0.1, 0.15) is 31.2 Å². The number of nitrogens with one attached hydrogen (secondary N) is 1. The molecular formula is C20H24N2O4S2. The molecule has 2 aromatic rings. The van der Waals surface area contributed by atoms with Crippen molar-refractivity contribution in [1.29, 1.82) is 0 Å². The van der Waals surface area contributed by atoms with Crippen molar-refractivity contribution in [3.05, 3.63) is 46.7 Å². The first-order valence-electron chi connectivity index (χ1n) is 9.20.